The first-order chi connectivity index (χ1) is 40.1. The average molecular weight is 1350 g/mol. The van der Waals surface area contributed by atoms with E-state index >= 15 is 0 Å². The first-order valence-electron chi connectivity index (χ1n) is 26.8. The third-order valence-electron chi connectivity index (χ3n) is 14.0. The third kappa shape index (κ3) is 16.5. The van der Waals surface area contributed by atoms with Crippen molar-refractivity contribution in [1.29, 1.82) is 0 Å². The summed E-state index contributed by atoms with van der Waals surface area (Å²) in [5.41, 5.74) is -1.91. The highest BCUT2D eigenvalue weighted by molar-refractivity contribution is 8.00. The van der Waals surface area contributed by atoms with E-state index in [-0.39, 0.29) is 136 Å². The zero-order chi connectivity index (χ0) is 63.4. The maximum Gasteiger partial charge on any atom is 0.337 e. The molecule has 7 rings (SSSR count). The number of thioether (sulfide) groups is 1. The van der Waals surface area contributed by atoms with Crippen molar-refractivity contribution in [2.24, 2.45) is 10.6 Å². The van der Waals surface area contributed by atoms with Gasteiger partial charge in [-0.3, -0.25) is 28.3 Å². The summed E-state index contributed by atoms with van der Waals surface area (Å²) in [4.78, 5) is 61.9. The van der Waals surface area contributed by atoms with Crippen LogP contribution in [0.15, 0.2) is 31.2 Å². The van der Waals surface area contributed by atoms with Crippen LogP contribution in [-0.2, 0) is 58.9 Å². The molecule has 3 aliphatic rings. The highest BCUT2D eigenvalue weighted by Gasteiger charge is 2.43. The van der Waals surface area contributed by atoms with Gasteiger partial charge < -0.3 is 45.9 Å². The molecule has 0 fully saturated rings. The summed E-state index contributed by atoms with van der Waals surface area (Å²) in [6, 6.07) is 3.14. The number of nitrogens with zero attached hydrogens (tertiary/aromatic N) is 2. The summed E-state index contributed by atoms with van der Waals surface area (Å²) >= 11 is 22.4. The Morgan fingerprint density at radius 2 is 1.36 bits per heavy atom. The fourth-order valence-corrected chi connectivity index (χ4v) is 15.6. The van der Waals surface area contributed by atoms with Crippen LogP contribution in [-0.4, -0.2) is 137 Å². The summed E-state index contributed by atoms with van der Waals surface area (Å²) in [5.74, 6) is -5.55. The van der Waals surface area contributed by atoms with E-state index in [4.69, 9.17) is 54.2 Å². The number of unbranched alkanes of at least 4 members (excludes halogenated alkanes) is 2. The fraction of sp³-hybridized carbons (Fsp3) is 0.491. The number of carboxylic acids is 1. The number of anilines is 2. The topological polar surface area (TPSA) is 388 Å². The molecule has 0 bridgehead atoms. The molecule has 2 aliphatic heterocycles. The zero-order valence-corrected chi connectivity index (χ0v) is 53.8. The second kappa shape index (κ2) is 27.7. The smallest absolute Gasteiger partial charge is 0.337 e. The van der Waals surface area contributed by atoms with Crippen LogP contribution in [0.3, 0.4) is 0 Å². The Labute approximate surface area is 519 Å². The number of sulfonamides is 1. The number of rotatable bonds is 27. The minimum atomic E-state index is -5.29. The number of halogens is 3. The number of nitrogens with two attached hydrogens (primary N) is 1. The Morgan fingerprint density at radius 3 is 1.97 bits per heavy atom. The van der Waals surface area contributed by atoms with E-state index in [9.17, 15) is 63.4 Å². The maximum absolute atomic E-state index is 13.8. The lowest BCUT2D eigenvalue weighted by atomic mass is 9.74. The van der Waals surface area contributed by atoms with Crippen LogP contribution < -0.4 is 46.9 Å². The van der Waals surface area contributed by atoms with Gasteiger partial charge in [0.1, 0.15) is 4.90 Å². The number of hydrogen-bond donors (Lipinski definition) is 9. The van der Waals surface area contributed by atoms with Crippen LogP contribution in [0, 0.1) is 5.41 Å². The van der Waals surface area contributed by atoms with Crippen molar-refractivity contribution in [2.75, 3.05) is 62.4 Å². The summed E-state index contributed by atoms with van der Waals surface area (Å²) in [7, 11) is -14.6. The first-order valence-corrected chi connectivity index (χ1v) is 34.2. The van der Waals surface area contributed by atoms with Gasteiger partial charge in [0.2, 0.25) is 33.1 Å². The van der Waals surface area contributed by atoms with Crippen LogP contribution in [0.2, 0.25) is 15.1 Å². The van der Waals surface area contributed by atoms with Crippen molar-refractivity contribution >= 4 is 140 Å². The van der Waals surface area contributed by atoms with E-state index in [0.717, 1.165) is 11.8 Å². The number of primary sulfonamides is 1. The number of carbonyl (C=O) groups is 5. The predicted molar refractivity (Wildman–Crippen MR) is 323 cm³/mol. The van der Waals surface area contributed by atoms with Crippen molar-refractivity contribution in [3.05, 3.63) is 65.5 Å². The van der Waals surface area contributed by atoms with Gasteiger partial charge in [-0.2, -0.15) is 16.8 Å². The molecule has 33 heteroatoms. The minimum Gasteiger partial charge on any atom is -0.478 e. The number of aromatic carboxylic acids is 1. The van der Waals surface area contributed by atoms with Crippen LogP contribution in [0.25, 0.3) is 11.6 Å². The number of fused-ring (bicyclic) bond motifs is 4. The Balaban J connectivity index is 0.958. The van der Waals surface area contributed by atoms with Crippen molar-refractivity contribution in [1.82, 2.24) is 26.1 Å². The molecular weight excluding hydrogens is 1290 g/mol. The normalized spacial score (nSPS) is 16.7. The number of aromatic nitrogens is 2. The van der Waals surface area contributed by atoms with E-state index in [0.29, 0.717) is 54.6 Å². The summed E-state index contributed by atoms with van der Waals surface area (Å²) in [6.45, 7) is 12.5. The summed E-state index contributed by atoms with van der Waals surface area (Å²) in [5, 5.41) is 35.2. The lowest BCUT2D eigenvalue weighted by Crippen LogP contribution is -2.38. The van der Waals surface area contributed by atoms with Gasteiger partial charge in [-0.25, -0.2) is 18.4 Å². The SMILES string of the molecule is CC1CC(C)(C)Nc2c1cc1c(c2S(=O)(=O)O)Oc2c(S(=O)(=O)O)c3c(cc2=C1c1c(Cl)c(SCC(=O)NCCCCCC(=O)NCCOCCOCCNC(=O)CCC(=O)Nc2nnc(S(N)(=O)=O)s2)c(Cl)c(Cl)c1C(=O)O)C(C)CC(C)(C)C=3. The Morgan fingerprint density at radius 1 is 0.756 bits per heavy atom. The van der Waals surface area contributed by atoms with Crippen LogP contribution in [0.1, 0.15) is 137 Å². The van der Waals surface area contributed by atoms with Gasteiger partial charge in [-0.15, -0.1) is 22.0 Å². The van der Waals surface area contributed by atoms with E-state index in [1.165, 1.54) is 0 Å². The molecule has 470 valence electrons. The zero-order valence-electron chi connectivity index (χ0n) is 47.4. The largest absolute Gasteiger partial charge is 0.478 e. The molecule has 2 unspecified atom stereocenters. The van der Waals surface area contributed by atoms with Gasteiger partial charge >= 0.3 is 5.97 Å². The van der Waals surface area contributed by atoms with Crippen LogP contribution >= 0.6 is 57.9 Å². The van der Waals surface area contributed by atoms with Crippen molar-refractivity contribution < 1.29 is 77.6 Å². The minimum absolute atomic E-state index is 0.0429. The van der Waals surface area contributed by atoms with Gasteiger partial charge in [0.15, 0.2) is 16.4 Å². The van der Waals surface area contributed by atoms with E-state index in [2.05, 4.69) is 36.8 Å². The maximum atomic E-state index is 13.8. The van der Waals surface area contributed by atoms with Gasteiger partial charge in [0, 0.05) is 71.2 Å². The molecule has 3 heterocycles. The number of hydrogen-bond acceptors (Lipinski definition) is 19. The predicted octanol–water partition coefficient (Wildman–Crippen LogP) is 6.16. The molecule has 3 aromatic carbocycles. The Hall–Kier alpha value is -5.22. The molecule has 10 N–H and O–H groups in total. The number of carbonyl (C=O) groups excluding carboxylic acids is 4. The molecule has 0 saturated carbocycles. The lowest BCUT2D eigenvalue weighted by molar-refractivity contribution is -0.124. The molecule has 25 nitrogen and oxygen atoms in total. The number of nitrogens with one attached hydrogen (secondary N) is 5. The molecule has 1 aromatic heterocycles. The molecular formula is C53H65Cl3N8O17S5. The number of carboxylic acid groups (broad SMARTS) is 1. The fourth-order valence-electron chi connectivity index (χ4n) is 10.6. The van der Waals surface area contributed by atoms with E-state index in [1.807, 2.05) is 41.5 Å². The number of benzene rings is 3. The Kier molecular flexibility index (Phi) is 22.0. The Bertz CT molecular complexity index is 3870. The molecule has 4 aromatic rings. The van der Waals surface area contributed by atoms with E-state index in [1.54, 1.807) is 18.2 Å². The number of ether oxygens (including phenoxy) is 3. The van der Waals surface area contributed by atoms with Gasteiger partial charge in [0.05, 0.1) is 58.5 Å². The lowest BCUT2D eigenvalue weighted by Gasteiger charge is -2.40. The highest BCUT2D eigenvalue weighted by atomic mass is 35.5. The molecule has 4 amide bonds. The monoisotopic (exact) mass is 1350 g/mol. The second-order valence-corrected chi connectivity index (χ2v) is 29.6. The molecule has 86 heavy (non-hydrogen) atoms. The van der Waals surface area contributed by atoms with Gasteiger partial charge in [-0.1, -0.05) is 86.3 Å². The third-order valence-corrected chi connectivity index (χ3v) is 20.6. The van der Waals surface area contributed by atoms with Crippen molar-refractivity contribution in [3.8, 4) is 11.5 Å². The highest BCUT2D eigenvalue weighted by Crippen LogP contribution is 2.54. The number of amides is 4. The summed E-state index contributed by atoms with van der Waals surface area (Å²) in [6.07, 6.45) is 4.11. The molecule has 1 aliphatic carbocycles. The molecule has 2 atom stereocenters. The van der Waals surface area contributed by atoms with E-state index < -0.39 is 107 Å². The molecule has 0 radical (unpaired) electrons. The van der Waals surface area contributed by atoms with Gasteiger partial charge in [0.25, 0.3) is 30.3 Å². The standard InChI is InChI=1S/C53H65Cl3N8O17S5/c1-26-22-52(3,4)24-32-28(26)20-30-37(31-21-29-27(2)23-53(5,6)62-43(29)48(86(76,77)78)45(31)81-44(30)47(32)85(73,74)75)38-39(49(69)70)40(54)42(56)46(41(38)55)82-25-36(68)58-13-9-7-8-10-33(65)59-14-16-79-18-19-80-17-15-60-34(66)11-12-35(67)61-50-63-64-51(83-50)84(57,71)72/h20-21,24,26-27,62H,7-19,22-23,25H2,1-6H3,(H,58,68)(H,59,65)(H,60,66)(H,69,70)(H2,57,71,72)(H,61,63,67)(H,73,74,75)(H,76,77,78). The van der Waals surface area contributed by atoms with Crippen molar-refractivity contribution in [2.45, 2.75) is 129 Å². The van der Waals surface area contributed by atoms with Gasteiger partial charge in [-0.05, 0) is 85.3 Å². The van der Waals surface area contributed by atoms with Crippen molar-refractivity contribution in [3.63, 3.8) is 0 Å². The van der Waals surface area contributed by atoms with Crippen LogP contribution in [0.5, 0.6) is 11.5 Å². The van der Waals surface area contributed by atoms with Crippen LogP contribution in [0.4, 0.5) is 10.8 Å². The second-order valence-electron chi connectivity index (χ2n) is 22.1. The molecule has 0 spiro atoms. The average Bonchev–Trinajstić information content (AvgIpc) is 0.759. The quantitative estimate of drug-likeness (QED) is 0.00935. The summed E-state index contributed by atoms with van der Waals surface area (Å²) < 4.78 is 117. The first kappa shape index (κ1) is 68.3. The molecule has 0 saturated heterocycles.